The molecule has 0 unspecified atom stereocenters. The van der Waals surface area contributed by atoms with Gasteiger partial charge in [-0.05, 0) is 46.3 Å². The summed E-state index contributed by atoms with van der Waals surface area (Å²) in [6.45, 7) is 0. The van der Waals surface area contributed by atoms with Crippen LogP contribution >= 0.6 is 27.5 Å². The minimum absolute atomic E-state index is 0.0843. The molecule has 0 aliphatic rings. The van der Waals surface area contributed by atoms with Crippen LogP contribution in [-0.2, 0) is 0 Å². The number of rotatable bonds is 2. The molecule has 6 heteroatoms. The van der Waals surface area contributed by atoms with Gasteiger partial charge in [0.2, 0.25) is 0 Å². The molecule has 0 fully saturated rings. The average Bonchev–Trinajstić information content (AvgIpc) is 2.37. The Labute approximate surface area is 122 Å². The predicted molar refractivity (Wildman–Crippen MR) is 77.9 cm³/mol. The lowest BCUT2D eigenvalue weighted by Crippen LogP contribution is -2.13. The maximum Gasteiger partial charge on any atom is 0.255 e. The van der Waals surface area contributed by atoms with E-state index in [1.165, 1.54) is 30.3 Å². The lowest BCUT2D eigenvalue weighted by molar-refractivity contribution is 0.102. The monoisotopic (exact) mass is 342 g/mol. The molecule has 0 saturated carbocycles. The molecule has 0 aliphatic heterocycles. The Kier molecular flexibility index (Phi) is 4.07. The highest BCUT2D eigenvalue weighted by Gasteiger charge is 2.12. The highest BCUT2D eigenvalue weighted by atomic mass is 79.9. The molecule has 3 nitrogen and oxygen atoms in total. The van der Waals surface area contributed by atoms with Crippen LogP contribution in [0, 0.1) is 5.82 Å². The van der Waals surface area contributed by atoms with Gasteiger partial charge in [0.1, 0.15) is 5.82 Å². The van der Waals surface area contributed by atoms with Crippen LogP contribution in [0.25, 0.3) is 0 Å². The van der Waals surface area contributed by atoms with Gasteiger partial charge in [-0.3, -0.25) is 4.79 Å². The van der Waals surface area contributed by atoms with Crippen molar-refractivity contribution in [1.82, 2.24) is 0 Å². The van der Waals surface area contributed by atoms with E-state index < -0.39 is 11.7 Å². The predicted octanol–water partition coefficient (Wildman–Crippen LogP) is 4.08. The number of nitrogens with one attached hydrogen (secondary N) is 1. The van der Waals surface area contributed by atoms with Gasteiger partial charge in [0, 0.05) is 10.0 Å². The average molecular weight is 344 g/mol. The number of carbonyl (C=O) groups is 1. The second-order valence-corrected chi connectivity index (χ2v) is 5.05. The third-order valence-corrected chi connectivity index (χ3v) is 3.46. The standard InChI is InChI=1S/C13H9BrClFN2O/c14-8-2-1-3-10(16)12(8)18-13(19)7-4-5-9(15)11(17)6-7/h1-6H,17H2,(H,18,19). The molecule has 0 spiro atoms. The summed E-state index contributed by atoms with van der Waals surface area (Å²) in [5.41, 5.74) is 6.30. The summed E-state index contributed by atoms with van der Waals surface area (Å²) < 4.78 is 14.0. The molecule has 0 atom stereocenters. The third-order valence-electron chi connectivity index (χ3n) is 2.46. The first-order chi connectivity index (χ1) is 8.99. The van der Waals surface area contributed by atoms with Crippen LogP contribution in [0.15, 0.2) is 40.9 Å². The Bertz CT molecular complexity index is 628. The normalized spacial score (nSPS) is 10.3. The molecule has 0 aliphatic carbocycles. The summed E-state index contributed by atoms with van der Waals surface area (Å²) in [4.78, 5) is 12.0. The van der Waals surface area contributed by atoms with Gasteiger partial charge in [0.15, 0.2) is 0 Å². The van der Waals surface area contributed by atoms with E-state index >= 15 is 0 Å². The van der Waals surface area contributed by atoms with Crippen LogP contribution in [0.2, 0.25) is 5.02 Å². The zero-order chi connectivity index (χ0) is 14.0. The van der Waals surface area contributed by atoms with Gasteiger partial charge in [-0.25, -0.2) is 4.39 Å². The van der Waals surface area contributed by atoms with Crippen LogP contribution in [0.1, 0.15) is 10.4 Å². The summed E-state index contributed by atoms with van der Waals surface area (Å²) in [5, 5.41) is 2.85. The van der Waals surface area contributed by atoms with E-state index in [4.69, 9.17) is 17.3 Å². The molecule has 19 heavy (non-hydrogen) atoms. The lowest BCUT2D eigenvalue weighted by Gasteiger charge is -2.09. The molecule has 2 aromatic rings. The quantitative estimate of drug-likeness (QED) is 0.807. The Morgan fingerprint density at radius 3 is 2.68 bits per heavy atom. The zero-order valence-corrected chi connectivity index (χ0v) is 11.9. The molecule has 1 amide bonds. The fourth-order valence-corrected chi connectivity index (χ4v) is 2.05. The van der Waals surface area contributed by atoms with E-state index in [1.54, 1.807) is 6.07 Å². The fourth-order valence-electron chi connectivity index (χ4n) is 1.49. The van der Waals surface area contributed by atoms with Crippen molar-refractivity contribution in [3.8, 4) is 0 Å². The maximum atomic E-state index is 13.6. The van der Waals surface area contributed by atoms with Gasteiger partial charge >= 0.3 is 0 Å². The molecule has 0 saturated heterocycles. The van der Waals surface area contributed by atoms with Gasteiger partial charge < -0.3 is 11.1 Å². The summed E-state index contributed by atoms with van der Waals surface area (Å²) in [5.74, 6) is -0.987. The highest BCUT2D eigenvalue weighted by Crippen LogP contribution is 2.26. The van der Waals surface area contributed by atoms with Crippen LogP contribution in [0.3, 0.4) is 0 Å². The minimum Gasteiger partial charge on any atom is -0.398 e. The van der Waals surface area contributed by atoms with E-state index in [0.717, 1.165) is 0 Å². The second kappa shape index (κ2) is 5.59. The van der Waals surface area contributed by atoms with Gasteiger partial charge in [0.25, 0.3) is 5.91 Å². The SMILES string of the molecule is Nc1cc(C(=O)Nc2c(F)cccc2Br)ccc1Cl. The van der Waals surface area contributed by atoms with E-state index in [1.807, 2.05) is 0 Å². The molecule has 2 rings (SSSR count). The van der Waals surface area contributed by atoms with Crippen molar-refractivity contribution in [2.24, 2.45) is 0 Å². The molecule has 0 radical (unpaired) electrons. The molecule has 3 N–H and O–H groups in total. The number of para-hydroxylation sites is 1. The lowest BCUT2D eigenvalue weighted by atomic mass is 10.2. The second-order valence-electron chi connectivity index (χ2n) is 3.79. The van der Waals surface area contributed by atoms with E-state index in [0.29, 0.717) is 20.7 Å². The topological polar surface area (TPSA) is 55.1 Å². The summed E-state index contributed by atoms with van der Waals surface area (Å²) in [7, 11) is 0. The van der Waals surface area contributed by atoms with Gasteiger partial charge in [-0.2, -0.15) is 0 Å². The Balaban J connectivity index is 2.28. The first-order valence-electron chi connectivity index (χ1n) is 5.29. The van der Waals surface area contributed by atoms with Gasteiger partial charge in [0.05, 0.1) is 16.4 Å². The van der Waals surface area contributed by atoms with Gasteiger partial charge in [-0.1, -0.05) is 17.7 Å². The van der Waals surface area contributed by atoms with Crippen molar-refractivity contribution in [2.75, 3.05) is 11.1 Å². The first kappa shape index (κ1) is 13.8. The van der Waals surface area contributed by atoms with Crippen molar-refractivity contribution in [2.45, 2.75) is 0 Å². The number of nitrogens with two attached hydrogens (primary N) is 1. The Morgan fingerprint density at radius 2 is 2.05 bits per heavy atom. The number of amides is 1. The largest absolute Gasteiger partial charge is 0.398 e. The maximum absolute atomic E-state index is 13.6. The van der Waals surface area contributed by atoms with Crippen LogP contribution < -0.4 is 11.1 Å². The Morgan fingerprint density at radius 1 is 1.32 bits per heavy atom. The minimum atomic E-state index is -0.523. The van der Waals surface area contributed by atoms with E-state index in [-0.39, 0.29) is 5.69 Å². The number of nitrogen functional groups attached to an aromatic ring is 1. The molecule has 0 aromatic heterocycles. The van der Waals surface area contributed by atoms with E-state index in [9.17, 15) is 9.18 Å². The van der Waals surface area contributed by atoms with Crippen LogP contribution in [0.4, 0.5) is 15.8 Å². The van der Waals surface area contributed by atoms with Crippen molar-refractivity contribution in [1.29, 1.82) is 0 Å². The number of hydrogen-bond donors (Lipinski definition) is 2. The van der Waals surface area contributed by atoms with Crippen molar-refractivity contribution < 1.29 is 9.18 Å². The number of anilines is 2. The first-order valence-corrected chi connectivity index (χ1v) is 6.46. The third kappa shape index (κ3) is 3.05. The highest BCUT2D eigenvalue weighted by molar-refractivity contribution is 9.10. The molecular weight excluding hydrogens is 335 g/mol. The number of halogens is 3. The Hall–Kier alpha value is -1.59. The molecule has 2 aromatic carbocycles. The van der Waals surface area contributed by atoms with Crippen molar-refractivity contribution in [3.05, 3.63) is 57.3 Å². The van der Waals surface area contributed by atoms with Gasteiger partial charge in [-0.15, -0.1) is 0 Å². The molecular formula is C13H9BrClFN2O. The number of carbonyl (C=O) groups excluding carboxylic acids is 1. The number of benzene rings is 2. The molecule has 98 valence electrons. The summed E-state index contributed by atoms with van der Waals surface area (Å²) in [6, 6.07) is 8.90. The molecule has 0 bridgehead atoms. The van der Waals surface area contributed by atoms with Crippen molar-refractivity contribution in [3.63, 3.8) is 0 Å². The smallest absolute Gasteiger partial charge is 0.255 e. The fraction of sp³-hybridized carbons (Fsp3) is 0. The van der Waals surface area contributed by atoms with Crippen LogP contribution in [0.5, 0.6) is 0 Å². The summed E-state index contributed by atoms with van der Waals surface area (Å²) >= 11 is 8.95. The van der Waals surface area contributed by atoms with Crippen LogP contribution in [-0.4, -0.2) is 5.91 Å². The van der Waals surface area contributed by atoms with Crippen molar-refractivity contribution >= 4 is 44.8 Å². The number of hydrogen-bond acceptors (Lipinski definition) is 2. The molecule has 0 heterocycles. The van der Waals surface area contributed by atoms with E-state index in [2.05, 4.69) is 21.2 Å². The summed E-state index contributed by atoms with van der Waals surface area (Å²) in [6.07, 6.45) is 0. The zero-order valence-electron chi connectivity index (χ0n) is 9.58.